The van der Waals surface area contributed by atoms with Crippen molar-refractivity contribution in [1.29, 1.82) is 0 Å². The minimum Gasteiger partial charge on any atom is -0.389 e. The normalized spacial score (nSPS) is 13.5. The van der Waals surface area contributed by atoms with Gasteiger partial charge < -0.3 is 25.2 Å². The summed E-state index contributed by atoms with van der Waals surface area (Å²) in [6.07, 6.45) is 7.34. The monoisotopic (exact) mass is 612 g/mol. The van der Waals surface area contributed by atoms with E-state index in [4.69, 9.17) is 11.6 Å². The van der Waals surface area contributed by atoms with Gasteiger partial charge in [0.05, 0.1) is 29.9 Å². The third-order valence-corrected chi connectivity index (χ3v) is 7.91. The topological polar surface area (TPSA) is 112 Å². The second-order valence-corrected chi connectivity index (χ2v) is 11.2. The Hall–Kier alpha value is -4.80. The summed E-state index contributed by atoms with van der Waals surface area (Å²) in [6.45, 7) is 1.43. The fraction of sp³-hybridized carbons (Fsp3) is 0.212. The first-order valence-electron chi connectivity index (χ1n) is 14.2. The highest BCUT2D eigenvalue weighted by Gasteiger charge is 2.34. The Morgan fingerprint density at radius 3 is 2.55 bits per heavy atom. The lowest BCUT2D eigenvalue weighted by Crippen LogP contribution is -2.41. The summed E-state index contributed by atoms with van der Waals surface area (Å²) >= 11 is 6.27. The van der Waals surface area contributed by atoms with E-state index in [9.17, 15) is 14.7 Å². The van der Waals surface area contributed by atoms with Crippen LogP contribution in [0, 0.1) is 5.82 Å². The molecule has 11 heteroatoms. The van der Waals surface area contributed by atoms with Gasteiger partial charge >= 0.3 is 0 Å². The van der Waals surface area contributed by atoms with Crippen LogP contribution in [0.1, 0.15) is 31.4 Å². The molecular weight excluding hydrogens is 583 g/mol. The van der Waals surface area contributed by atoms with Gasteiger partial charge in [0.15, 0.2) is 5.82 Å². The van der Waals surface area contributed by atoms with Crippen LogP contribution in [0.15, 0.2) is 85.6 Å². The molecule has 44 heavy (non-hydrogen) atoms. The van der Waals surface area contributed by atoms with Gasteiger partial charge in [-0.15, -0.1) is 0 Å². The van der Waals surface area contributed by atoms with Crippen molar-refractivity contribution in [1.82, 2.24) is 19.4 Å². The molecule has 1 fully saturated rings. The number of aliphatic hydroxyl groups is 1. The number of aromatic nitrogens is 3. The van der Waals surface area contributed by atoms with Crippen molar-refractivity contribution in [3.05, 3.63) is 102 Å². The van der Waals surface area contributed by atoms with Gasteiger partial charge in [-0.05, 0) is 50.1 Å². The lowest BCUT2D eigenvalue weighted by molar-refractivity contribution is -0.135. The van der Waals surface area contributed by atoms with Crippen LogP contribution in [0.4, 0.5) is 21.5 Å². The molecule has 0 radical (unpaired) electrons. The predicted octanol–water partition coefficient (Wildman–Crippen LogP) is 6.32. The zero-order valence-electron chi connectivity index (χ0n) is 23.9. The van der Waals surface area contributed by atoms with E-state index >= 15 is 4.39 Å². The molecule has 5 aromatic rings. The molecule has 9 nitrogen and oxygen atoms in total. The number of nitrogens with one attached hydrogen (secondary N) is 2. The number of nitrogens with zero attached hydrogens (tertiary/aromatic N) is 4. The number of carbonyl (C=O) groups is 2. The molecule has 1 unspecified atom stereocenters. The smallest absolute Gasteiger partial charge is 0.244 e. The zero-order valence-corrected chi connectivity index (χ0v) is 24.6. The number of halogens is 2. The van der Waals surface area contributed by atoms with E-state index < -0.39 is 17.8 Å². The predicted molar refractivity (Wildman–Crippen MR) is 168 cm³/mol. The summed E-state index contributed by atoms with van der Waals surface area (Å²) in [5.74, 6) is -1.34. The fourth-order valence-corrected chi connectivity index (χ4v) is 5.54. The molecule has 0 spiro atoms. The third-order valence-electron chi connectivity index (χ3n) is 7.58. The Kier molecular flexibility index (Phi) is 8.28. The summed E-state index contributed by atoms with van der Waals surface area (Å²) in [7, 11) is 0. The van der Waals surface area contributed by atoms with Crippen LogP contribution in [0.2, 0.25) is 5.02 Å². The highest BCUT2D eigenvalue weighted by molar-refractivity contribution is 6.33. The van der Waals surface area contributed by atoms with Gasteiger partial charge in [0, 0.05) is 50.5 Å². The van der Waals surface area contributed by atoms with Gasteiger partial charge in [0.2, 0.25) is 11.8 Å². The molecule has 224 valence electrons. The first-order valence-corrected chi connectivity index (χ1v) is 14.6. The van der Waals surface area contributed by atoms with Crippen molar-refractivity contribution >= 4 is 51.4 Å². The van der Waals surface area contributed by atoms with Crippen molar-refractivity contribution in [3.8, 4) is 11.1 Å². The number of hydrogen-bond acceptors (Lipinski definition) is 6. The molecule has 1 atom stereocenters. The fourth-order valence-electron chi connectivity index (χ4n) is 5.30. The van der Waals surface area contributed by atoms with Crippen molar-refractivity contribution in [2.24, 2.45) is 0 Å². The van der Waals surface area contributed by atoms with E-state index in [-0.39, 0.29) is 36.3 Å². The second kappa shape index (κ2) is 12.4. The van der Waals surface area contributed by atoms with E-state index in [2.05, 4.69) is 20.6 Å². The highest BCUT2D eigenvalue weighted by atomic mass is 35.5. The Morgan fingerprint density at radius 2 is 1.82 bits per heavy atom. The molecular formula is C33H30ClFN6O3. The SMILES string of the molecule is CC(O)c1cn(CC(=O)N(CC(=O)Nc2cccc(-c3ccccc3Cl)c2F)C2CC2)c2ccc(Nc3cncnc3)cc12. The Labute approximate surface area is 258 Å². The van der Waals surface area contributed by atoms with Gasteiger partial charge in [0.25, 0.3) is 0 Å². The minimum atomic E-state index is -0.772. The molecule has 0 bridgehead atoms. The van der Waals surface area contributed by atoms with Crippen LogP contribution in [0.5, 0.6) is 0 Å². The number of amides is 2. The molecule has 2 heterocycles. The Morgan fingerprint density at radius 1 is 1.07 bits per heavy atom. The maximum atomic E-state index is 15.4. The number of anilines is 3. The van der Waals surface area contributed by atoms with Gasteiger partial charge in [-0.3, -0.25) is 9.59 Å². The standard InChI is InChI=1S/C33H30ClFN6O3/c1-20(42)27-16-40(30-12-9-21(13-26(27)30)38-22-14-36-19-37-15-22)18-32(44)41(23-10-11-23)17-31(43)39-29-8-4-6-25(33(29)35)24-5-2-3-7-28(24)34/h2-9,12-16,19-20,23,38,42H,10-11,17-18H2,1H3,(H,39,43). The summed E-state index contributed by atoms with van der Waals surface area (Å²) in [5.41, 5.74) is 3.74. The van der Waals surface area contributed by atoms with E-state index in [1.165, 1.54) is 12.4 Å². The number of hydrogen-bond donors (Lipinski definition) is 3. The molecule has 2 aromatic heterocycles. The van der Waals surface area contributed by atoms with Crippen molar-refractivity contribution in [2.45, 2.75) is 38.5 Å². The molecule has 1 saturated carbocycles. The summed E-state index contributed by atoms with van der Waals surface area (Å²) < 4.78 is 17.2. The van der Waals surface area contributed by atoms with Crippen molar-refractivity contribution < 1.29 is 19.1 Å². The maximum absolute atomic E-state index is 15.4. The molecule has 0 saturated heterocycles. The molecule has 2 amide bonds. The number of aliphatic hydroxyl groups excluding tert-OH is 1. The Balaban J connectivity index is 1.19. The van der Waals surface area contributed by atoms with Gasteiger partial charge in [-0.25, -0.2) is 14.4 Å². The molecule has 3 N–H and O–H groups in total. The van der Waals surface area contributed by atoms with Gasteiger partial charge in [0.1, 0.15) is 19.4 Å². The molecule has 3 aromatic carbocycles. The lowest BCUT2D eigenvalue weighted by Gasteiger charge is -2.23. The van der Waals surface area contributed by atoms with Crippen LogP contribution in [-0.4, -0.2) is 48.9 Å². The molecule has 1 aliphatic carbocycles. The number of fused-ring (bicyclic) bond motifs is 1. The third kappa shape index (κ3) is 6.27. The Bertz CT molecular complexity index is 1840. The lowest BCUT2D eigenvalue weighted by atomic mass is 10.0. The van der Waals surface area contributed by atoms with Crippen LogP contribution in [0.3, 0.4) is 0 Å². The average molecular weight is 613 g/mol. The van der Waals surface area contributed by atoms with Crippen molar-refractivity contribution in [3.63, 3.8) is 0 Å². The summed E-state index contributed by atoms with van der Waals surface area (Å²) in [4.78, 5) is 36.3. The molecule has 6 rings (SSSR count). The highest BCUT2D eigenvalue weighted by Crippen LogP contribution is 2.34. The van der Waals surface area contributed by atoms with Crippen LogP contribution < -0.4 is 10.6 Å². The maximum Gasteiger partial charge on any atom is 0.244 e. The first-order chi connectivity index (χ1) is 21.3. The summed E-state index contributed by atoms with van der Waals surface area (Å²) in [6, 6.07) is 17.2. The van der Waals surface area contributed by atoms with Crippen molar-refractivity contribution in [2.75, 3.05) is 17.2 Å². The largest absolute Gasteiger partial charge is 0.389 e. The second-order valence-electron chi connectivity index (χ2n) is 10.8. The number of rotatable bonds is 10. The van der Waals surface area contributed by atoms with E-state index in [1.807, 2.05) is 18.2 Å². The average Bonchev–Trinajstić information content (AvgIpc) is 3.79. The number of carbonyl (C=O) groups excluding carboxylic acids is 2. The quantitative estimate of drug-likeness (QED) is 0.170. The molecule has 0 aliphatic heterocycles. The zero-order chi connectivity index (χ0) is 30.8. The van der Waals surface area contributed by atoms with E-state index in [0.29, 0.717) is 21.8 Å². The van der Waals surface area contributed by atoms with Crippen LogP contribution >= 0.6 is 11.6 Å². The van der Waals surface area contributed by atoms with Gasteiger partial charge in [-0.2, -0.15) is 0 Å². The van der Waals surface area contributed by atoms with Crippen LogP contribution in [-0.2, 0) is 16.1 Å². The summed E-state index contributed by atoms with van der Waals surface area (Å²) in [5, 5.41) is 17.6. The molecule has 1 aliphatic rings. The van der Waals surface area contributed by atoms with E-state index in [1.54, 1.807) is 71.4 Å². The first kappa shape index (κ1) is 29.3. The van der Waals surface area contributed by atoms with Gasteiger partial charge in [-0.1, -0.05) is 41.9 Å². The van der Waals surface area contributed by atoms with Crippen LogP contribution in [0.25, 0.3) is 22.0 Å². The van der Waals surface area contributed by atoms with E-state index in [0.717, 1.165) is 29.4 Å². The number of benzene rings is 3. The minimum absolute atomic E-state index is 0.0140.